The summed E-state index contributed by atoms with van der Waals surface area (Å²) in [4.78, 5) is 16.1. The Hall–Kier alpha value is -0.900. The molecule has 0 saturated heterocycles. The average molecular weight is 297 g/mol. The zero-order valence-corrected chi connectivity index (χ0v) is 11.6. The summed E-state index contributed by atoms with van der Waals surface area (Å²) in [5.41, 5.74) is 1.74. The summed E-state index contributed by atoms with van der Waals surface area (Å²) in [6.07, 6.45) is 3.58. The SMILES string of the molecule is Cc1cccc(C(=O)NCC2(CCBr)CC2)n1. The van der Waals surface area contributed by atoms with Gasteiger partial charge >= 0.3 is 0 Å². The topological polar surface area (TPSA) is 42.0 Å². The molecule has 0 unspecified atom stereocenters. The smallest absolute Gasteiger partial charge is 0.269 e. The highest BCUT2D eigenvalue weighted by atomic mass is 79.9. The first kappa shape index (κ1) is 12.6. The third kappa shape index (κ3) is 3.28. The fourth-order valence-electron chi connectivity index (χ4n) is 1.92. The molecule has 1 N–H and O–H groups in total. The molecule has 0 atom stereocenters. The molecule has 0 spiro atoms. The van der Waals surface area contributed by atoms with Crippen molar-refractivity contribution in [3.8, 4) is 0 Å². The van der Waals surface area contributed by atoms with Gasteiger partial charge in [0.15, 0.2) is 0 Å². The monoisotopic (exact) mass is 296 g/mol. The Morgan fingerprint density at radius 2 is 2.29 bits per heavy atom. The van der Waals surface area contributed by atoms with Gasteiger partial charge < -0.3 is 5.32 Å². The Labute approximate surface area is 110 Å². The highest BCUT2D eigenvalue weighted by Crippen LogP contribution is 2.48. The first-order valence-electron chi connectivity index (χ1n) is 5.93. The van der Waals surface area contributed by atoms with Crippen LogP contribution in [0.15, 0.2) is 18.2 Å². The van der Waals surface area contributed by atoms with E-state index in [4.69, 9.17) is 0 Å². The normalized spacial score (nSPS) is 16.6. The Kier molecular flexibility index (Phi) is 3.82. The molecule has 92 valence electrons. The second-order valence-electron chi connectivity index (χ2n) is 4.79. The summed E-state index contributed by atoms with van der Waals surface area (Å²) in [5.74, 6) is -0.0606. The van der Waals surface area contributed by atoms with Gasteiger partial charge in [0.2, 0.25) is 0 Å². The number of nitrogens with zero attached hydrogens (tertiary/aromatic N) is 1. The molecular formula is C13H17BrN2O. The number of halogens is 1. The number of aryl methyl sites for hydroxylation is 1. The fourth-order valence-corrected chi connectivity index (χ4v) is 2.76. The van der Waals surface area contributed by atoms with Crippen molar-refractivity contribution in [2.45, 2.75) is 26.2 Å². The zero-order valence-electron chi connectivity index (χ0n) is 10.0. The van der Waals surface area contributed by atoms with E-state index in [2.05, 4.69) is 26.2 Å². The molecule has 3 nitrogen and oxygen atoms in total. The van der Waals surface area contributed by atoms with Crippen LogP contribution in [0.5, 0.6) is 0 Å². The van der Waals surface area contributed by atoms with E-state index in [9.17, 15) is 4.79 Å². The Morgan fingerprint density at radius 1 is 1.53 bits per heavy atom. The zero-order chi connectivity index (χ0) is 12.3. The minimum absolute atomic E-state index is 0.0606. The van der Waals surface area contributed by atoms with Crippen LogP contribution < -0.4 is 5.32 Å². The van der Waals surface area contributed by atoms with E-state index < -0.39 is 0 Å². The molecule has 17 heavy (non-hydrogen) atoms. The highest BCUT2D eigenvalue weighted by Gasteiger charge is 2.41. The van der Waals surface area contributed by atoms with Gasteiger partial charge in [-0.25, -0.2) is 4.98 Å². The summed E-state index contributed by atoms with van der Waals surface area (Å²) in [6, 6.07) is 5.51. The lowest BCUT2D eigenvalue weighted by molar-refractivity contribution is 0.0939. The largest absolute Gasteiger partial charge is 0.350 e. The van der Waals surface area contributed by atoms with Crippen LogP contribution in [0.2, 0.25) is 0 Å². The van der Waals surface area contributed by atoms with Crippen molar-refractivity contribution < 1.29 is 4.79 Å². The Bertz CT molecular complexity index is 416. The molecular weight excluding hydrogens is 280 g/mol. The van der Waals surface area contributed by atoms with Crippen LogP contribution in [0.25, 0.3) is 0 Å². The van der Waals surface area contributed by atoms with Gasteiger partial charge in [0.05, 0.1) is 0 Å². The minimum atomic E-state index is -0.0606. The number of alkyl halides is 1. The van der Waals surface area contributed by atoms with Crippen molar-refractivity contribution in [1.82, 2.24) is 10.3 Å². The average Bonchev–Trinajstić information content (AvgIpc) is 3.07. The number of aromatic nitrogens is 1. The summed E-state index contributed by atoms with van der Waals surface area (Å²) < 4.78 is 0. The molecule has 1 aromatic rings. The second kappa shape index (κ2) is 5.17. The molecule has 1 heterocycles. The third-order valence-electron chi connectivity index (χ3n) is 3.33. The van der Waals surface area contributed by atoms with Crippen molar-refractivity contribution >= 4 is 21.8 Å². The molecule has 1 aromatic heterocycles. The number of carbonyl (C=O) groups is 1. The van der Waals surface area contributed by atoms with Gasteiger partial charge in [-0.3, -0.25) is 4.79 Å². The van der Waals surface area contributed by atoms with Gasteiger partial charge in [0, 0.05) is 17.6 Å². The maximum absolute atomic E-state index is 11.9. The van der Waals surface area contributed by atoms with E-state index in [0.29, 0.717) is 11.1 Å². The van der Waals surface area contributed by atoms with Crippen LogP contribution in [-0.2, 0) is 0 Å². The molecule has 0 radical (unpaired) electrons. The molecule has 0 aromatic carbocycles. The second-order valence-corrected chi connectivity index (χ2v) is 5.58. The van der Waals surface area contributed by atoms with Gasteiger partial charge in [-0.15, -0.1) is 0 Å². The summed E-state index contributed by atoms with van der Waals surface area (Å²) in [6.45, 7) is 2.66. The lowest BCUT2D eigenvalue weighted by Crippen LogP contribution is -2.31. The maximum atomic E-state index is 11.9. The van der Waals surface area contributed by atoms with Crippen molar-refractivity contribution in [1.29, 1.82) is 0 Å². The quantitative estimate of drug-likeness (QED) is 0.849. The lowest BCUT2D eigenvalue weighted by atomic mass is 10.0. The van der Waals surface area contributed by atoms with Gasteiger partial charge in [-0.05, 0) is 43.7 Å². The molecule has 1 aliphatic rings. The number of pyridine rings is 1. The van der Waals surface area contributed by atoms with Crippen molar-refractivity contribution in [2.75, 3.05) is 11.9 Å². The summed E-state index contributed by atoms with van der Waals surface area (Å²) in [5, 5.41) is 4.00. The first-order chi connectivity index (χ1) is 8.15. The lowest BCUT2D eigenvalue weighted by Gasteiger charge is -2.14. The van der Waals surface area contributed by atoms with E-state index in [0.717, 1.165) is 24.0 Å². The molecule has 0 bridgehead atoms. The van der Waals surface area contributed by atoms with E-state index in [1.807, 2.05) is 19.1 Å². The Morgan fingerprint density at radius 3 is 2.88 bits per heavy atom. The van der Waals surface area contributed by atoms with Gasteiger partial charge in [0.25, 0.3) is 5.91 Å². The van der Waals surface area contributed by atoms with Crippen LogP contribution in [0, 0.1) is 12.3 Å². The van der Waals surface area contributed by atoms with Crippen LogP contribution >= 0.6 is 15.9 Å². The highest BCUT2D eigenvalue weighted by molar-refractivity contribution is 9.09. The maximum Gasteiger partial charge on any atom is 0.269 e. The van der Waals surface area contributed by atoms with Gasteiger partial charge in [0.1, 0.15) is 5.69 Å². The molecule has 1 aliphatic carbocycles. The third-order valence-corrected chi connectivity index (χ3v) is 3.72. The number of amides is 1. The summed E-state index contributed by atoms with van der Waals surface area (Å²) >= 11 is 3.46. The molecule has 1 fully saturated rings. The molecule has 4 heteroatoms. The van der Waals surface area contributed by atoms with E-state index in [-0.39, 0.29) is 5.91 Å². The van der Waals surface area contributed by atoms with E-state index in [1.165, 1.54) is 12.8 Å². The first-order valence-corrected chi connectivity index (χ1v) is 7.05. The van der Waals surface area contributed by atoms with Crippen molar-refractivity contribution in [2.24, 2.45) is 5.41 Å². The molecule has 2 rings (SSSR count). The van der Waals surface area contributed by atoms with Crippen LogP contribution in [-0.4, -0.2) is 22.8 Å². The molecule has 1 amide bonds. The van der Waals surface area contributed by atoms with E-state index in [1.54, 1.807) is 6.07 Å². The van der Waals surface area contributed by atoms with Gasteiger partial charge in [-0.1, -0.05) is 22.0 Å². The minimum Gasteiger partial charge on any atom is -0.350 e. The van der Waals surface area contributed by atoms with Crippen molar-refractivity contribution in [3.63, 3.8) is 0 Å². The predicted octanol–water partition coefficient (Wildman–Crippen LogP) is 2.69. The fraction of sp³-hybridized carbons (Fsp3) is 0.538. The number of hydrogen-bond acceptors (Lipinski definition) is 2. The van der Waals surface area contributed by atoms with Crippen LogP contribution in [0.3, 0.4) is 0 Å². The number of hydrogen-bond donors (Lipinski definition) is 1. The number of nitrogens with one attached hydrogen (secondary N) is 1. The molecule has 1 saturated carbocycles. The van der Waals surface area contributed by atoms with E-state index >= 15 is 0 Å². The molecule has 0 aliphatic heterocycles. The van der Waals surface area contributed by atoms with Crippen molar-refractivity contribution in [3.05, 3.63) is 29.6 Å². The van der Waals surface area contributed by atoms with Crippen LogP contribution in [0.4, 0.5) is 0 Å². The summed E-state index contributed by atoms with van der Waals surface area (Å²) in [7, 11) is 0. The predicted molar refractivity (Wildman–Crippen MR) is 71.4 cm³/mol. The number of rotatable bonds is 5. The standard InChI is InChI=1S/C13H17BrN2O/c1-10-3-2-4-11(16-10)12(17)15-9-13(5-6-13)7-8-14/h2-4H,5-9H2,1H3,(H,15,17). The van der Waals surface area contributed by atoms with Crippen LogP contribution in [0.1, 0.15) is 35.4 Å². The van der Waals surface area contributed by atoms with Gasteiger partial charge in [-0.2, -0.15) is 0 Å². The Balaban J connectivity index is 1.90. The number of carbonyl (C=O) groups excluding carboxylic acids is 1.